The Kier molecular flexibility index (Phi) is 5.09. The third kappa shape index (κ3) is 4.88. The molecule has 0 aliphatic heterocycles. The number of benzene rings is 1. The second kappa shape index (κ2) is 6.38. The van der Waals surface area contributed by atoms with Gasteiger partial charge in [-0.25, -0.2) is 4.79 Å². The van der Waals surface area contributed by atoms with Gasteiger partial charge in [-0.1, -0.05) is 18.2 Å². The van der Waals surface area contributed by atoms with Crippen molar-refractivity contribution in [2.75, 3.05) is 6.54 Å². The Morgan fingerprint density at radius 2 is 1.95 bits per heavy atom. The van der Waals surface area contributed by atoms with Gasteiger partial charge in [0.2, 0.25) is 5.91 Å². The largest absolute Gasteiger partial charge is 0.479 e. The van der Waals surface area contributed by atoms with Crippen LogP contribution in [-0.2, 0) is 22.2 Å². The topological polar surface area (TPSA) is 86.6 Å². The number of halogens is 3. The van der Waals surface area contributed by atoms with Crippen molar-refractivity contribution in [2.45, 2.75) is 18.7 Å². The Morgan fingerprint density at radius 3 is 2.50 bits per heavy atom. The summed E-state index contributed by atoms with van der Waals surface area (Å²) >= 11 is 0. The maximum Gasteiger partial charge on any atom is 0.416 e. The van der Waals surface area contributed by atoms with Gasteiger partial charge in [0, 0.05) is 0 Å². The van der Waals surface area contributed by atoms with E-state index in [1.807, 2.05) is 0 Å². The van der Waals surface area contributed by atoms with Crippen LogP contribution in [0.15, 0.2) is 24.3 Å². The summed E-state index contributed by atoms with van der Waals surface area (Å²) in [6.07, 6.45) is -6.58. The molecule has 1 aromatic rings. The molecule has 1 rings (SSSR count). The van der Waals surface area contributed by atoms with Gasteiger partial charge >= 0.3 is 12.1 Å². The van der Waals surface area contributed by atoms with E-state index in [0.29, 0.717) is 0 Å². The molecule has 0 aliphatic carbocycles. The summed E-state index contributed by atoms with van der Waals surface area (Å²) in [6.45, 7) is -0.507. The molecule has 1 aromatic carbocycles. The predicted octanol–water partition coefficient (Wildman–Crippen LogP) is 0.810. The smallest absolute Gasteiger partial charge is 0.416 e. The van der Waals surface area contributed by atoms with E-state index in [9.17, 15) is 22.8 Å². The predicted molar refractivity (Wildman–Crippen MR) is 61.8 cm³/mol. The summed E-state index contributed by atoms with van der Waals surface area (Å²) in [5, 5.41) is 19.4. The fourth-order valence-electron chi connectivity index (χ4n) is 1.40. The molecule has 5 nitrogen and oxygen atoms in total. The number of carbonyl (C=O) groups is 2. The third-order valence-electron chi connectivity index (χ3n) is 2.40. The quantitative estimate of drug-likeness (QED) is 0.749. The number of rotatable bonds is 5. The zero-order valence-corrected chi connectivity index (χ0v) is 10.1. The molecule has 0 fully saturated rings. The van der Waals surface area contributed by atoms with Gasteiger partial charge in [-0.15, -0.1) is 0 Å². The zero-order chi connectivity index (χ0) is 15.3. The van der Waals surface area contributed by atoms with Gasteiger partial charge in [-0.2, -0.15) is 13.2 Å². The number of hydrogen-bond donors (Lipinski definition) is 3. The van der Waals surface area contributed by atoms with E-state index >= 15 is 0 Å². The van der Waals surface area contributed by atoms with E-state index in [1.165, 1.54) is 12.1 Å². The fraction of sp³-hybridized carbons (Fsp3) is 0.333. The van der Waals surface area contributed by atoms with Crippen LogP contribution in [0, 0.1) is 0 Å². The van der Waals surface area contributed by atoms with E-state index in [2.05, 4.69) is 5.32 Å². The van der Waals surface area contributed by atoms with Crippen molar-refractivity contribution in [3.05, 3.63) is 35.4 Å². The lowest BCUT2D eigenvalue weighted by Crippen LogP contribution is -2.37. The highest BCUT2D eigenvalue weighted by molar-refractivity contribution is 5.80. The maximum atomic E-state index is 12.4. The summed E-state index contributed by atoms with van der Waals surface area (Å²) in [7, 11) is 0. The van der Waals surface area contributed by atoms with Crippen LogP contribution in [0.1, 0.15) is 11.1 Å². The highest BCUT2D eigenvalue weighted by Crippen LogP contribution is 2.29. The van der Waals surface area contributed by atoms with Crippen molar-refractivity contribution in [2.24, 2.45) is 0 Å². The molecule has 0 saturated heterocycles. The van der Waals surface area contributed by atoms with Crippen LogP contribution in [0.2, 0.25) is 0 Å². The third-order valence-corrected chi connectivity index (χ3v) is 2.40. The number of nitrogens with one attached hydrogen (secondary N) is 1. The molecule has 8 heteroatoms. The van der Waals surface area contributed by atoms with E-state index in [1.54, 1.807) is 0 Å². The molecule has 1 amide bonds. The molecular formula is C12H12F3NO4. The van der Waals surface area contributed by atoms with Crippen LogP contribution >= 0.6 is 0 Å². The van der Waals surface area contributed by atoms with Crippen molar-refractivity contribution >= 4 is 11.9 Å². The molecule has 0 spiro atoms. The number of aliphatic carboxylic acids is 1. The average Bonchev–Trinajstić information content (AvgIpc) is 2.35. The van der Waals surface area contributed by atoms with Crippen LogP contribution in [0.3, 0.4) is 0 Å². The fourth-order valence-corrected chi connectivity index (χ4v) is 1.40. The molecule has 20 heavy (non-hydrogen) atoms. The van der Waals surface area contributed by atoms with Gasteiger partial charge < -0.3 is 15.5 Å². The number of aliphatic hydroxyl groups is 1. The number of carboxylic acids is 1. The lowest BCUT2D eigenvalue weighted by molar-refractivity contribution is -0.146. The first-order chi connectivity index (χ1) is 9.20. The molecular weight excluding hydrogens is 279 g/mol. The molecule has 0 heterocycles. The minimum atomic E-state index is -4.49. The molecule has 0 saturated carbocycles. The molecule has 0 bridgehead atoms. The standard InChI is InChI=1S/C12H12F3NO4/c13-12(14,15)8-3-1-2-7(4-8)5-10(18)16-6-9(17)11(19)20/h1-4,9,17H,5-6H2,(H,16,18)(H,19,20)/t9-/m0/s1. The number of alkyl halides is 3. The van der Waals surface area contributed by atoms with Crippen LogP contribution in [0.25, 0.3) is 0 Å². The minimum Gasteiger partial charge on any atom is -0.479 e. The van der Waals surface area contributed by atoms with Gasteiger partial charge in [0.05, 0.1) is 18.5 Å². The minimum absolute atomic E-state index is 0.141. The molecule has 110 valence electrons. The van der Waals surface area contributed by atoms with E-state index in [0.717, 1.165) is 12.1 Å². The second-order valence-corrected chi connectivity index (χ2v) is 4.03. The van der Waals surface area contributed by atoms with Crippen molar-refractivity contribution in [1.29, 1.82) is 0 Å². The van der Waals surface area contributed by atoms with Gasteiger partial charge in [-0.05, 0) is 11.6 Å². The van der Waals surface area contributed by atoms with Crippen molar-refractivity contribution in [1.82, 2.24) is 5.32 Å². The molecule has 0 radical (unpaired) electrons. The second-order valence-electron chi connectivity index (χ2n) is 4.03. The van der Waals surface area contributed by atoms with Gasteiger partial charge in [-0.3, -0.25) is 4.79 Å². The Morgan fingerprint density at radius 1 is 1.30 bits per heavy atom. The molecule has 3 N–H and O–H groups in total. The average molecular weight is 291 g/mol. The lowest BCUT2D eigenvalue weighted by Gasteiger charge is -2.10. The molecule has 0 unspecified atom stereocenters. The highest BCUT2D eigenvalue weighted by atomic mass is 19.4. The summed E-state index contributed by atoms with van der Waals surface area (Å²) < 4.78 is 37.3. The van der Waals surface area contributed by atoms with E-state index < -0.39 is 36.3 Å². The van der Waals surface area contributed by atoms with Crippen molar-refractivity contribution in [3.63, 3.8) is 0 Å². The Balaban J connectivity index is 2.61. The zero-order valence-electron chi connectivity index (χ0n) is 10.1. The number of carboxylic acid groups (broad SMARTS) is 1. The molecule has 0 aromatic heterocycles. The number of amides is 1. The highest BCUT2D eigenvalue weighted by Gasteiger charge is 2.30. The molecule has 1 atom stereocenters. The number of hydrogen-bond acceptors (Lipinski definition) is 3. The Hall–Kier alpha value is -2.09. The SMILES string of the molecule is O=C(Cc1cccc(C(F)(F)F)c1)NC[C@H](O)C(=O)O. The van der Waals surface area contributed by atoms with Gasteiger partial charge in [0.15, 0.2) is 6.10 Å². The van der Waals surface area contributed by atoms with Crippen molar-refractivity contribution in [3.8, 4) is 0 Å². The van der Waals surface area contributed by atoms with Crippen molar-refractivity contribution < 1.29 is 33.0 Å². The first kappa shape index (κ1) is 16.0. The summed E-state index contributed by atoms with van der Waals surface area (Å²) in [5.74, 6) is -2.17. The van der Waals surface area contributed by atoms with E-state index in [-0.39, 0.29) is 12.0 Å². The maximum absolute atomic E-state index is 12.4. The van der Waals surface area contributed by atoms with Crippen LogP contribution in [0.5, 0.6) is 0 Å². The van der Waals surface area contributed by atoms with Crippen LogP contribution in [-0.4, -0.2) is 34.7 Å². The number of aliphatic hydroxyl groups excluding tert-OH is 1. The van der Waals surface area contributed by atoms with E-state index in [4.69, 9.17) is 10.2 Å². The summed E-state index contributed by atoms with van der Waals surface area (Å²) in [6, 6.07) is 4.25. The lowest BCUT2D eigenvalue weighted by atomic mass is 10.1. The van der Waals surface area contributed by atoms with Gasteiger partial charge in [0.1, 0.15) is 0 Å². The normalized spacial score (nSPS) is 12.8. The Labute approximate surface area is 112 Å². The van der Waals surface area contributed by atoms with Crippen LogP contribution in [0.4, 0.5) is 13.2 Å². The first-order valence-corrected chi connectivity index (χ1v) is 5.54. The summed E-state index contributed by atoms with van der Waals surface area (Å²) in [4.78, 5) is 21.7. The number of carbonyl (C=O) groups excluding carboxylic acids is 1. The Bertz CT molecular complexity index is 502. The molecule has 0 aliphatic rings. The first-order valence-electron chi connectivity index (χ1n) is 5.54. The monoisotopic (exact) mass is 291 g/mol. The summed E-state index contributed by atoms with van der Waals surface area (Å²) in [5.41, 5.74) is -0.726. The van der Waals surface area contributed by atoms with Crippen LogP contribution < -0.4 is 5.32 Å². The van der Waals surface area contributed by atoms with Gasteiger partial charge in [0.25, 0.3) is 0 Å².